The molecule has 4 rings (SSSR count). The highest BCUT2D eigenvalue weighted by Gasteiger charge is 2.28. The summed E-state index contributed by atoms with van der Waals surface area (Å²) in [5.74, 6) is -0.475. The second kappa shape index (κ2) is 9.13. The number of aryl methyl sites for hydroxylation is 1. The van der Waals surface area contributed by atoms with Gasteiger partial charge >= 0.3 is 0 Å². The molecule has 0 radical (unpaired) electrons. The second-order valence-corrected chi connectivity index (χ2v) is 9.50. The molecule has 1 heterocycles. The minimum Gasteiger partial charge on any atom is -0.307 e. The van der Waals surface area contributed by atoms with Gasteiger partial charge in [-0.2, -0.15) is 0 Å². The van der Waals surface area contributed by atoms with E-state index in [2.05, 4.69) is 0 Å². The van der Waals surface area contributed by atoms with E-state index in [-0.39, 0.29) is 16.6 Å². The summed E-state index contributed by atoms with van der Waals surface area (Å²) in [6.07, 6.45) is 4.13. The van der Waals surface area contributed by atoms with Crippen LogP contribution in [0.1, 0.15) is 22.3 Å². The molecule has 0 saturated carbocycles. The van der Waals surface area contributed by atoms with Crippen molar-refractivity contribution in [2.24, 2.45) is 5.14 Å². The zero-order chi connectivity index (χ0) is 23.6. The molecule has 168 valence electrons. The minimum absolute atomic E-state index is 0.0493. The van der Waals surface area contributed by atoms with Gasteiger partial charge in [0, 0.05) is 12.1 Å². The molecule has 3 aromatic rings. The molecule has 7 heteroatoms. The van der Waals surface area contributed by atoms with Gasteiger partial charge in [-0.15, -0.1) is 0 Å². The van der Waals surface area contributed by atoms with Crippen molar-refractivity contribution in [1.29, 1.82) is 0 Å². The van der Waals surface area contributed by atoms with Crippen LogP contribution >= 0.6 is 0 Å². The first-order valence-corrected chi connectivity index (χ1v) is 11.9. The largest absolute Gasteiger partial charge is 0.307 e. The van der Waals surface area contributed by atoms with Crippen LogP contribution in [0.2, 0.25) is 0 Å². The van der Waals surface area contributed by atoms with Crippen molar-refractivity contribution in [3.05, 3.63) is 113 Å². The Kier molecular flexibility index (Phi) is 6.26. The van der Waals surface area contributed by atoms with Crippen molar-refractivity contribution in [3.63, 3.8) is 0 Å². The summed E-state index contributed by atoms with van der Waals surface area (Å²) < 4.78 is 36.2. The number of sulfonamides is 1. The summed E-state index contributed by atoms with van der Waals surface area (Å²) in [5, 5.41) is 5.16. The zero-order valence-electron chi connectivity index (χ0n) is 18.0. The highest BCUT2D eigenvalue weighted by molar-refractivity contribution is 7.89. The molecule has 0 aromatic heterocycles. The van der Waals surface area contributed by atoms with Gasteiger partial charge in [-0.05, 0) is 66.5 Å². The number of hydrogen-bond acceptors (Lipinski definition) is 3. The first-order chi connectivity index (χ1) is 15.7. The number of hydrogen-bond donors (Lipinski definition) is 1. The number of nitrogens with two attached hydrogens (primary N) is 1. The first-order valence-electron chi connectivity index (χ1n) is 10.4. The van der Waals surface area contributed by atoms with Crippen LogP contribution in [-0.4, -0.2) is 25.8 Å². The van der Waals surface area contributed by atoms with Crippen molar-refractivity contribution < 1.29 is 17.6 Å². The van der Waals surface area contributed by atoms with Gasteiger partial charge in [-0.3, -0.25) is 4.79 Å². The van der Waals surface area contributed by atoms with E-state index in [0.717, 1.165) is 28.0 Å². The van der Waals surface area contributed by atoms with Crippen LogP contribution in [0, 0.1) is 12.7 Å². The van der Waals surface area contributed by atoms with Crippen LogP contribution in [0.4, 0.5) is 4.39 Å². The number of carbonyl (C=O) groups excluding carboxylic acids is 1. The summed E-state index contributed by atoms with van der Waals surface area (Å²) in [6, 6.07) is 20.2. The first kappa shape index (κ1) is 22.6. The van der Waals surface area contributed by atoms with Crippen LogP contribution in [0.5, 0.6) is 0 Å². The van der Waals surface area contributed by atoms with E-state index in [4.69, 9.17) is 5.14 Å². The summed E-state index contributed by atoms with van der Waals surface area (Å²) in [4.78, 5) is 15.0. The average Bonchev–Trinajstić information content (AvgIpc) is 3.09. The third-order valence-electron chi connectivity index (χ3n) is 5.49. The van der Waals surface area contributed by atoms with Gasteiger partial charge in [0.15, 0.2) is 0 Å². The lowest BCUT2D eigenvalue weighted by molar-refractivity contribution is -0.122. The second-order valence-electron chi connectivity index (χ2n) is 7.94. The zero-order valence-corrected chi connectivity index (χ0v) is 18.8. The Morgan fingerprint density at radius 1 is 0.939 bits per heavy atom. The molecule has 1 aliphatic rings. The number of nitrogens with zero attached hydrogens (tertiary/aromatic N) is 1. The summed E-state index contributed by atoms with van der Waals surface area (Å²) in [7, 11) is -3.75. The molecule has 33 heavy (non-hydrogen) atoms. The van der Waals surface area contributed by atoms with Gasteiger partial charge in [0.05, 0.1) is 10.6 Å². The number of benzene rings is 3. The van der Waals surface area contributed by atoms with Crippen molar-refractivity contribution in [3.8, 4) is 0 Å². The Hall–Kier alpha value is -3.55. The Morgan fingerprint density at radius 2 is 1.58 bits per heavy atom. The van der Waals surface area contributed by atoms with E-state index in [0.29, 0.717) is 18.5 Å². The average molecular weight is 463 g/mol. The Labute approximate surface area is 192 Å². The standard InChI is InChI=1S/C26H23FN2O3S/c1-18-2-8-21(9-3-18)25-17-22(16-20-4-10-23(27)11-5-20)26(30)29(25)15-14-19-6-12-24(13-7-19)33(28,31)32/h2-13,16-17H,14-15H2,1H3,(H2,28,31,32)/b22-16+. The maximum atomic E-state index is 13.3. The van der Waals surface area contributed by atoms with Crippen molar-refractivity contribution in [1.82, 2.24) is 4.90 Å². The van der Waals surface area contributed by atoms with Gasteiger partial charge in [-0.25, -0.2) is 17.9 Å². The van der Waals surface area contributed by atoms with Gasteiger partial charge < -0.3 is 4.90 Å². The van der Waals surface area contributed by atoms with E-state index >= 15 is 0 Å². The highest BCUT2D eigenvalue weighted by Crippen LogP contribution is 2.31. The number of amides is 1. The normalized spacial score (nSPS) is 15.2. The quantitative estimate of drug-likeness (QED) is 0.555. The number of rotatable bonds is 6. The molecule has 0 atom stereocenters. The number of primary sulfonamides is 1. The minimum atomic E-state index is -3.75. The summed E-state index contributed by atoms with van der Waals surface area (Å²) in [5.41, 5.74) is 4.96. The number of carbonyl (C=O) groups is 1. The molecular weight excluding hydrogens is 439 g/mol. The fraction of sp³-hybridized carbons (Fsp3) is 0.115. The third-order valence-corrected chi connectivity index (χ3v) is 6.42. The fourth-order valence-electron chi connectivity index (χ4n) is 3.67. The highest BCUT2D eigenvalue weighted by atomic mass is 32.2. The van der Waals surface area contributed by atoms with E-state index in [1.807, 2.05) is 37.3 Å². The lowest BCUT2D eigenvalue weighted by Crippen LogP contribution is -2.27. The van der Waals surface area contributed by atoms with Crippen molar-refractivity contribution >= 4 is 27.7 Å². The molecule has 0 saturated heterocycles. The molecule has 3 aromatic carbocycles. The molecule has 0 aliphatic carbocycles. The molecule has 2 N–H and O–H groups in total. The molecule has 5 nitrogen and oxygen atoms in total. The number of halogens is 1. The Bertz CT molecular complexity index is 1340. The van der Waals surface area contributed by atoms with E-state index in [9.17, 15) is 17.6 Å². The van der Waals surface area contributed by atoms with E-state index < -0.39 is 10.0 Å². The van der Waals surface area contributed by atoms with Crippen molar-refractivity contribution in [2.45, 2.75) is 18.2 Å². The lowest BCUT2D eigenvalue weighted by Gasteiger charge is -2.21. The Morgan fingerprint density at radius 3 is 2.18 bits per heavy atom. The van der Waals surface area contributed by atoms with Crippen molar-refractivity contribution in [2.75, 3.05) is 6.54 Å². The molecule has 0 bridgehead atoms. The summed E-state index contributed by atoms with van der Waals surface area (Å²) in [6.45, 7) is 2.41. The molecular formula is C26H23FN2O3S. The van der Waals surface area contributed by atoms with Crippen LogP contribution in [0.3, 0.4) is 0 Å². The lowest BCUT2D eigenvalue weighted by atomic mass is 10.1. The molecule has 0 spiro atoms. The van der Waals surface area contributed by atoms with Crippen LogP contribution in [-0.2, 0) is 21.2 Å². The SMILES string of the molecule is Cc1ccc(C2=C/C(=C\c3ccc(F)cc3)C(=O)N2CCc2ccc(S(N)(=O)=O)cc2)cc1. The van der Waals surface area contributed by atoms with Crippen LogP contribution < -0.4 is 5.14 Å². The molecule has 0 fully saturated rings. The third kappa shape index (κ3) is 5.27. The summed E-state index contributed by atoms with van der Waals surface area (Å²) >= 11 is 0. The topological polar surface area (TPSA) is 80.5 Å². The van der Waals surface area contributed by atoms with Gasteiger partial charge in [0.2, 0.25) is 10.0 Å². The molecule has 1 amide bonds. The Balaban J connectivity index is 1.62. The molecule has 1 aliphatic heterocycles. The van der Waals surface area contributed by atoms with Crippen LogP contribution in [0.25, 0.3) is 11.8 Å². The van der Waals surface area contributed by atoms with Gasteiger partial charge in [0.25, 0.3) is 5.91 Å². The van der Waals surface area contributed by atoms with Gasteiger partial charge in [0.1, 0.15) is 5.82 Å². The maximum Gasteiger partial charge on any atom is 0.258 e. The van der Waals surface area contributed by atoms with Crippen LogP contribution in [0.15, 0.2) is 89.3 Å². The van der Waals surface area contributed by atoms with E-state index in [1.165, 1.54) is 24.3 Å². The van der Waals surface area contributed by atoms with E-state index in [1.54, 1.807) is 35.2 Å². The predicted octanol–water partition coefficient (Wildman–Crippen LogP) is 4.29. The van der Waals surface area contributed by atoms with Gasteiger partial charge in [-0.1, -0.05) is 54.1 Å². The smallest absolute Gasteiger partial charge is 0.258 e. The monoisotopic (exact) mass is 462 g/mol. The maximum absolute atomic E-state index is 13.3. The predicted molar refractivity (Wildman–Crippen MR) is 127 cm³/mol. The fourth-order valence-corrected chi connectivity index (χ4v) is 4.18. The molecule has 0 unspecified atom stereocenters.